The molecular weight excluding hydrogens is 396 g/mol. The molecule has 5 atom stereocenters. The Bertz CT molecular complexity index is 877. The smallest absolute Gasteiger partial charge is 0.264 e. The summed E-state index contributed by atoms with van der Waals surface area (Å²) in [5.41, 5.74) is 4.34. The average Bonchev–Trinajstić information content (AvgIpc) is 3.02. The maximum Gasteiger partial charge on any atom is 0.264 e. The standard InChI is InChI=1S/C25H38O4S/c1-5-7-14-28-23-16-18-8-9-20-19(21(18)15-17(23)6-2)12-13-25(3)22(20)10-11-24(25)29-30(4,26)27/h15-16,19-20,22,24H,5-14H2,1-4H3/t19?,20?,22?,24-,25-/m0/s1. The van der Waals surface area contributed by atoms with Gasteiger partial charge in [0.15, 0.2) is 0 Å². The van der Waals surface area contributed by atoms with Crippen molar-refractivity contribution in [1.82, 2.24) is 0 Å². The van der Waals surface area contributed by atoms with E-state index in [1.807, 2.05) is 0 Å². The van der Waals surface area contributed by atoms with E-state index in [9.17, 15) is 8.42 Å². The zero-order valence-electron chi connectivity index (χ0n) is 19.1. The molecule has 0 bridgehead atoms. The molecule has 2 saturated carbocycles. The van der Waals surface area contributed by atoms with Gasteiger partial charge in [0, 0.05) is 0 Å². The minimum Gasteiger partial charge on any atom is -0.493 e. The molecule has 0 aliphatic heterocycles. The Morgan fingerprint density at radius 3 is 2.63 bits per heavy atom. The molecule has 0 aromatic heterocycles. The highest BCUT2D eigenvalue weighted by molar-refractivity contribution is 7.86. The first kappa shape index (κ1) is 22.1. The van der Waals surface area contributed by atoms with Crippen LogP contribution in [0.5, 0.6) is 5.75 Å². The van der Waals surface area contributed by atoms with Crippen LogP contribution in [0.15, 0.2) is 12.1 Å². The lowest BCUT2D eigenvalue weighted by atomic mass is 9.55. The second-order valence-electron chi connectivity index (χ2n) is 10.0. The average molecular weight is 435 g/mol. The van der Waals surface area contributed by atoms with Crippen molar-refractivity contribution in [1.29, 1.82) is 0 Å². The number of hydrogen-bond donors (Lipinski definition) is 0. The molecule has 0 amide bonds. The van der Waals surface area contributed by atoms with E-state index >= 15 is 0 Å². The van der Waals surface area contributed by atoms with E-state index in [1.165, 1.54) is 23.8 Å². The van der Waals surface area contributed by atoms with E-state index in [0.717, 1.165) is 63.7 Å². The van der Waals surface area contributed by atoms with Crippen LogP contribution < -0.4 is 4.74 Å². The molecule has 1 aromatic rings. The van der Waals surface area contributed by atoms with Crippen molar-refractivity contribution in [2.24, 2.45) is 17.3 Å². The third kappa shape index (κ3) is 4.04. The van der Waals surface area contributed by atoms with Crippen molar-refractivity contribution in [2.45, 2.75) is 90.6 Å². The van der Waals surface area contributed by atoms with Gasteiger partial charge in [0.2, 0.25) is 0 Å². The first-order chi connectivity index (χ1) is 14.3. The number of fused-ring (bicyclic) bond motifs is 5. The van der Waals surface area contributed by atoms with Gasteiger partial charge < -0.3 is 4.74 Å². The third-order valence-electron chi connectivity index (χ3n) is 8.25. The predicted octanol–water partition coefficient (Wildman–Crippen LogP) is 5.63. The van der Waals surface area contributed by atoms with Crippen molar-refractivity contribution < 1.29 is 17.3 Å². The highest BCUT2D eigenvalue weighted by Gasteiger charge is 2.56. The summed E-state index contributed by atoms with van der Waals surface area (Å²) in [6, 6.07) is 4.77. The summed E-state index contributed by atoms with van der Waals surface area (Å²) >= 11 is 0. The molecule has 3 aliphatic rings. The van der Waals surface area contributed by atoms with Crippen molar-refractivity contribution in [3.63, 3.8) is 0 Å². The molecule has 0 heterocycles. The lowest BCUT2D eigenvalue weighted by Crippen LogP contribution is -2.45. The molecule has 4 nitrogen and oxygen atoms in total. The second kappa shape index (κ2) is 8.46. The quantitative estimate of drug-likeness (QED) is 0.412. The summed E-state index contributed by atoms with van der Waals surface area (Å²) in [5, 5.41) is 0. The molecule has 3 unspecified atom stereocenters. The van der Waals surface area contributed by atoms with E-state index < -0.39 is 10.1 Å². The SMILES string of the molecule is CCCCOc1cc2c(cc1CC)C1CC[C@@]3(C)C(CC[C@@H]3OS(C)(=O)=O)C1CC2. The second-order valence-corrected chi connectivity index (χ2v) is 11.6. The van der Waals surface area contributed by atoms with E-state index in [4.69, 9.17) is 8.92 Å². The van der Waals surface area contributed by atoms with Gasteiger partial charge in [-0.05, 0) is 97.3 Å². The fraction of sp³-hybridized carbons (Fsp3) is 0.760. The maximum atomic E-state index is 11.8. The van der Waals surface area contributed by atoms with Crippen LogP contribution in [0.1, 0.15) is 88.3 Å². The largest absolute Gasteiger partial charge is 0.493 e. The first-order valence-electron chi connectivity index (χ1n) is 11.9. The zero-order valence-corrected chi connectivity index (χ0v) is 19.9. The van der Waals surface area contributed by atoms with Crippen LogP contribution >= 0.6 is 0 Å². The molecule has 0 spiro atoms. The molecule has 1 aromatic carbocycles. The lowest BCUT2D eigenvalue weighted by molar-refractivity contribution is -0.00769. The van der Waals surface area contributed by atoms with Crippen molar-refractivity contribution >= 4 is 10.1 Å². The van der Waals surface area contributed by atoms with E-state index in [0.29, 0.717) is 17.8 Å². The zero-order chi connectivity index (χ0) is 21.5. The Morgan fingerprint density at radius 2 is 1.93 bits per heavy atom. The minimum absolute atomic E-state index is 0.0153. The number of unbranched alkanes of at least 4 members (excludes halogenated alkanes) is 1. The first-order valence-corrected chi connectivity index (χ1v) is 13.7. The molecule has 0 radical (unpaired) electrons. The summed E-state index contributed by atoms with van der Waals surface area (Å²) < 4.78 is 35.3. The summed E-state index contributed by atoms with van der Waals surface area (Å²) in [7, 11) is -3.41. The summed E-state index contributed by atoms with van der Waals surface area (Å²) in [6.07, 6.45) is 10.7. The third-order valence-corrected chi connectivity index (χ3v) is 8.83. The van der Waals surface area contributed by atoms with Gasteiger partial charge in [0.05, 0.1) is 19.0 Å². The summed E-state index contributed by atoms with van der Waals surface area (Å²) in [5.74, 6) is 2.88. The van der Waals surface area contributed by atoms with Gasteiger partial charge >= 0.3 is 0 Å². The minimum atomic E-state index is -3.41. The Morgan fingerprint density at radius 1 is 1.13 bits per heavy atom. The summed E-state index contributed by atoms with van der Waals surface area (Å²) in [6.45, 7) is 7.50. The molecule has 2 fully saturated rings. The van der Waals surface area contributed by atoms with Crippen LogP contribution in [-0.4, -0.2) is 27.4 Å². The molecule has 0 saturated heterocycles. The molecule has 0 N–H and O–H groups in total. The monoisotopic (exact) mass is 434 g/mol. The molecule has 3 aliphatic carbocycles. The highest BCUT2D eigenvalue weighted by atomic mass is 32.2. The van der Waals surface area contributed by atoms with E-state index in [2.05, 4.69) is 32.9 Å². The van der Waals surface area contributed by atoms with E-state index in [1.54, 1.807) is 5.56 Å². The van der Waals surface area contributed by atoms with Crippen LogP contribution in [0.4, 0.5) is 0 Å². The van der Waals surface area contributed by atoms with Crippen LogP contribution in [0.25, 0.3) is 0 Å². The van der Waals surface area contributed by atoms with Crippen molar-refractivity contribution in [3.8, 4) is 5.75 Å². The lowest BCUT2D eigenvalue weighted by Gasteiger charge is -2.50. The van der Waals surface area contributed by atoms with Gasteiger partial charge in [-0.1, -0.05) is 33.3 Å². The number of hydrogen-bond acceptors (Lipinski definition) is 4. The fourth-order valence-electron chi connectivity index (χ4n) is 6.70. The normalized spacial score (nSPS) is 32.9. The van der Waals surface area contributed by atoms with Gasteiger partial charge in [-0.3, -0.25) is 4.18 Å². The van der Waals surface area contributed by atoms with Gasteiger partial charge in [-0.2, -0.15) is 8.42 Å². The van der Waals surface area contributed by atoms with Crippen molar-refractivity contribution in [2.75, 3.05) is 12.9 Å². The number of benzene rings is 1. The topological polar surface area (TPSA) is 52.6 Å². The Balaban J connectivity index is 1.58. The summed E-state index contributed by atoms with van der Waals surface area (Å²) in [4.78, 5) is 0. The van der Waals surface area contributed by atoms with Gasteiger partial charge in [0.25, 0.3) is 10.1 Å². The maximum absolute atomic E-state index is 11.8. The predicted molar refractivity (Wildman–Crippen MR) is 121 cm³/mol. The Hall–Kier alpha value is -1.07. The number of ether oxygens (including phenoxy) is 1. The van der Waals surface area contributed by atoms with Crippen LogP contribution in [0, 0.1) is 17.3 Å². The van der Waals surface area contributed by atoms with E-state index in [-0.39, 0.29) is 11.5 Å². The number of aryl methyl sites for hydroxylation is 2. The molecule has 168 valence electrons. The van der Waals surface area contributed by atoms with Gasteiger partial charge in [-0.25, -0.2) is 0 Å². The number of rotatable bonds is 7. The van der Waals surface area contributed by atoms with Gasteiger partial charge in [-0.15, -0.1) is 0 Å². The van der Waals surface area contributed by atoms with Crippen LogP contribution in [-0.2, 0) is 27.1 Å². The molecule has 4 rings (SSSR count). The Kier molecular flexibility index (Phi) is 6.24. The fourth-order valence-corrected chi connectivity index (χ4v) is 7.44. The van der Waals surface area contributed by atoms with Crippen molar-refractivity contribution in [3.05, 3.63) is 28.8 Å². The highest BCUT2D eigenvalue weighted by Crippen LogP contribution is 2.61. The molecule has 5 heteroatoms. The molecule has 30 heavy (non-hydrogen) atoms. The van der Waals surface area contributed by atoms with Crippen LogP contribution in [0.3, 0.4) is 0 Å². The van der Waals surface area contributed by atoms with Gasteiger partial charge in [0.1, 0.15) is 5.75 Å². The van der Waals surface area contributed by atoms with Crippen LogP contribution in [0.2, 0.25) is 0 Å². The molecular formula is C25H38O4S. The Labute approximate surface area is 182 Å².